The molecule has 0 saturated carbocycles. The summed E-state index contributed by atoms with van der Waals surface area (Å²) in [5.74, 6) is 0. The van der Waals surface area contributed by atoms with Crippen molar-refractivity contribution in [2.24, 2.45) is 0 Å². The Labute approximate surface area is 90.8 Å². The molecule has 44 valence electrons. The van der Waals surface area contributed by atoms with E-state index in [4.69, 9.17) is 20.3 Å². The minimum atomic E-state index is -1.83. The third kappa shape index (κ3) is 1440. The third-order valence-electron chi connectivity index (χ3n) is 0. The number of carbonyl (C=O) groups is 1. The molecular formula is C2H7KN2O3. The van der Waals surface area contributed by atoms with Crippen LogP contribution in [0.25, 0.3) is 0 Å². The van der Waals surface area contributed by atoms with Gasteiger partial charge in [-0.25, -0.2) is 10.1 Å². The van der Waals surface area contributed by atoms with E-state index in [1.54, 1.807) is 0 Å². The second-order valence-electron chi connectivity index (χ2n) is 0.283. The van der Waals surface area contributed by atoms with Crippen molar-refractivity contribution in [3.8, 4) is 6.57 Å². The third-order valence-corrected chi connectivity index (χ3v) is 0. The fourth-order valence-electron chi connectivity index (χ4n) is 0. The van der Waals surface area contributed by atoms with E-state index < -0.39 is 6.16 Å². The summed E-state index contributed by atoms with van der Waals surface area (Å²) >= 11 is 0. The molecule has 0 fully saturated rings. The van der Waals surface area contributed by atoms with Gasteiger partial charge in [0, 0.05) is 6.57 Å². The van der Waals surface area contributed by atoms with Gasteiger partial charge in [-0.3, -0.25) is 0 Å². The minimum Gasteiger partial charge on any atom is -1.00 e. The molecule has 0 aliphatic heterocycles. The van der Waals surface area contributed by atoms with E-state index >= 15 is 0 Å². The summed E-state index contributed by atoms with van der Waals surface area (Å²) in [7, 11) is 0. The fraction of sp³-hybridized carbons (Fsp3) is 0. The van der Waals surface area contributed by atoms with Crippen LogP contribution in [0.1, 0.15) is 1.43 Å². The van der Waals surface area contributed by atoms with Crippen LogP contribution in [0.5, 0.6) is 0 Å². The molecule has 0 spiro atoms. The van der Waals surface area contributed by atoms with Gasteiger partial charge in [0.1, 0.15) is 0 Å². The van der Waals surface area contributed by atoms with Gasteiger partial charge in [0.05, 0.1) is 0 Å². The van der Waals surface area contributed by atoms with E-state index in [0.717, 1.165) is 0 Å². The molecule has 0 aromatic rings. The summed E-state index contributed by atoms with van der Waals surface area (Å²) in [6.07, 6.45) is -1.83. The maximum atomic E-state index is 8.56. The maximum absolute atomic E-state index is 8.56. The first-order valence-corrected chi connectivity index (χ1v) is 0.910. The first-order valence-electron chi connectivity index (χ1n) is 0.910. The molecule has 0 aliphatic rings. The van der Waals surface area contributed by atoms with Gasteiger partial charge in [-0.1, -0.05) is 0 Å². The van der Waals surface area contributed by atoms with Gasteiger partial charge in [-0.15, -0.1) is 0 Å². The predicted molar refractivity (Wildman–Crippen MR) is 23.5 cm³/mol. The molecule has 0 amide bonds. The molecule has 8 heavy (non-hydrogen) atoms. The second-order valence-corrected chi connectivity index (χ2v) is 0.283. The van der Waals surface area contributed by atoms with Crippen LogP contribution < -0.4 is 57.5 Å². The zero-order valence-electron chi connectivity index (χ0n) is 5.53. The van der Waals surface area contributed by atoms with Crippen LogP contribution in [0.15, 0.2) is 0 Å². The number of carboxylic acid groups (broad SMARTS) is 2. The fourth-order valence-corrected chi connectivity index (χ4v) is 0. The summed E-state index contributed by atoms with van der Waals surface area (Å²) in [6.45, 7) is 3.50. The number of nitriles is 1. The van der Waals surface area contributed by atoms with Gasteiger partial charge in [0.25, 0.3) is 0 Å². The van der Waals surface area contributed by atoms with Crippen molar-refractivity contribution in [3.63, 3.8) is 0 Å². The van der Waals surface area contributed by atoms with E-state index in [-0.39, 0.29) is 59.0 Å². The Morgan fingerprint density at radius 1 is 1.50 bits per heavy atom. The second kappa shape index (κ2) is 26.4. The topological polar surface area (TPSA) is 116 Å². The SMILES string of the molecule is C#N.N.O=C(O)O.[H-].[K+]. The van der Waals surface area contributed by atoms with E-state index in [2.05, 4.69) is 6.57 Å². The van der Waals surface area contributed by atoms with Gasteiger partial charge in [0.2, 0.25) is 0 Å². The molecule has 0 heterocycles. The van der Waals surface area contributed by atoms with E-state index in [0.29, 0.717) is 0 Å². The Kier molecular flexibility index (Phi) is 78.6. The van der Waals surface area contributed by atoms with E-state index in [9.17, 15) is 0 Å². The van der Waals surface area contributed by atoms with Crippen LogP contribution in [-0.4, -0.2) is 16.4 Å². The van der Waals surface area contributed by atoms with E-state index in [1.807, 2.05) is 0 Å². The summed E-state index contributed by atoms with van der Waals surface area (Å²) in [6, 6.07) is 0. The Morgan fingerprint density at radius 2 is 1.50 bits per heavy atom. The normalized spacial score (nSPS) is 3.25. The summed E-state index contributed by atoms with van der Waals surface area (Å²) in [5, 5.41) is 20.4. The molecule has 0 unspecified atom stereocenters. The molecule has 5 nitrogen and oxygen atoms in total. The number of hydrogen-bond acceptors (Lipinski definition) is 3. The van der Waals surface area contributed by atoms with Crippen molar-refractivity contribution in [3.05, 3.63) is 0 Å². The number of nitrogens with zero attached hydrogens (tertiary/aromatic N) is 1. The van der Waals surface area contributed by atoms with Crippen LogP contribution in [-0.2, 0) is 0 Å². The zero-order chi connectivity index (χ0) is 5.58. The van der Waals surface area contributed by atoms with Crippen molar-refractivity contribution >= 4 is 6.16 Å². The molecule has 6 heteroatoms. The van der Waals surface area contributed by atoms with Crippen molar-refractivity contribution in [2.45, 2.75) is 0 Å². The largest absolute Gasteiger partial charge is 1.00 e. The van der Waals surface area contributed by atoms with Crippen LogP contribution in [0.4, 0.5) is 4.79 Å². The molecule has 0 saturated heterocycles. The average molecular weight is 146 g/mol. The van der Waals surface area contributed by atoms with Crippen LogP contribution >= 0.6 is 0 Å². The van der Waals surface area contributed by atoms with Crippen molar-refractivity contribution in [2.75, 3.05) is 0 Å². The van der Waals surface area contributed by atoms with Gasteiger partial charge >= 0.3 is 57.5 Å². The van der Waals surface area contributed by atoms with Gasteiger partial charge in [0.15, 0.2) is 0 Å². The Balaban J connectivity index is -0.00000000990. The first-order chi connectivity index (χ1) is 2.73. The standard InChI is InChI=1S/CHN.CH2O3.K.H3N.H/c1-2;2-1(3)4;;;/h1H;(H2,2,3,4);;1H3;/q;;+1;;-1. The average Bonchev–Trinajstić information content (AvgIpc) is 1.41. The van der Waals surface area contributed by atoms with Crippen LogP contribution in [0.2, 0.25) is 0 Å². The first kappa shape index (κ1) is 23.8. The molecule has 0 aromatic heterocycles. The van der Waals surface area contributed by atoms with Crippen molar-refractivity contribution in [1.82, 2.24) is 6.15 Å². The molecule has 0 aromatic carbocycles. The smallest absolute Gasteiger partial charge is 1.00 e. The molecule has 0 radical (unpaired) electrons. The van der Waals surface area contributed by atoms with Gasteiger partial charge < -0.3 is 17.8 Å². The Bertz CT molecular complexity index is 64.1. The number of rotatable bonds is 0. The Morgan fingerprint density at radius 3 is 1.50 bits per heavy atom. The predicted octanol–water partition coefficient (Wildman–Crippen LogP) is -2.36. The quantitative estimate of drug-likeness (QED) is 0.330. The van der Waals surface area contributed by atoms with Crippen molar-refractivity contribution < 1.29 is 67.8 Å². The Hall–Kier alpha value is 0.356. The summed E-state index contributed by atoms with van der Waals surface area (Å²) in [4.78, 5) is 8.56. The zero-order valence-corrected chi connectivity index (χ0v) is 7.66. The molecular weight excluding hydrogens is 139 g/mol. The monoisotopic (exact) mass is 146 g/mol. The van der Waals surface area contributed by atoms with Crippen molar-refractivity contribution in [1.29, 1.82) is 5.26 Å². The molecule has 0 atom stereocenters. The summed E-state index contributed by atoms with van der Waals surface area (Å²) < 4.78 is 0. The maximum Gasteiger partial charge on any atom is 1.00 e. The van der Waals surface area contributed by atoms with Gasteiger partial charge in [-0.05, 0) is 0 Å². The minimum absolute atomic E-state index is 0. The molecule has 5 N–H and O–H groups in total. The molecule has 0 aliphatic carbocycles. The molecule has 0 bridgehead atoms. The summed E-state index contributed by atoms with van der Waals surface area (Å²) in [5.41, 5.74) is 0. The molecule has 0 rings (SSSR count). The van der Waals surface area contributed by atoms with Crippen LogP contribution in [0.3, 0.4) is 0 Å². The van der Waals surface area contributed by atoms with E-state index in [1.165, 1.54) is 0 Å². The van der Waals surface area contributed by atoms with Crippen LogP contribution in [0, 0.1) is 11.8 Å². The van der Waals surface area contributed by atoms with Gasteiger partial charge in [-0.2, -0.15) is 0 Å². The number of hydrogen-bond donors (Lipinski definition) is 3.